The van der Waals surface area contributed by atoms with Gasteiger partial charge in [-0.2, -0.15) is 0 Å². The molecule has 1 aliphatic rings. The Kier molecular flexibility index (Phi) is 5.43. The molecular formula is C19H16F4N2O2. The first-order valence-corrected chi connectivity index (χ1v) is 8.33. The van der Waals surface area contributed by atoms with Gasteiger partial charge in [0.2, 0.25) is 11.8 Å². The maximum Gasteiger partial charge on any atom is 0.227 e. The lowest BCUT2D eigenvalue weighted by molar-refractivity contribution is -0.126. The van der Waals surface area contributed by atoms with Gasteiger partial charge in [-0.1, -0.05) is 18.2 Å². The number of carbonyl (C=O) groups is 2. The second-order valence-corrected chi connectivity index (χ2v) is 6.23. The number of halogens is 4. The summed E-state index contributed by atoms with van der Waals surface area (Å²) < 4.78 is 53.9. The van der Waals surface area contributed by atoms with Crippen LogP contribution < -0.4 is 10.2 Å². The van der Waals surface area contributed by atoms with E-state index in [4.69, 9.17) is 0 Å². The van der Waals surface area contributed by atoms with Gasteiger partial charge in [-0.3, -0.25) is 9.59 Å². The molecule has 0 aliphatic carbocycles. The number of rotatable bonds is 5. The number of benzene rings is 2. The number of anilines is 1. The Balaban J connectivity index is 1.61. The van der Waals surface area contributed by atoms with Crippen LogP contribution in [0.15, 0.2) is 36.4 Å². The maximum absolute atomic E-state index is 13.9. The topological polar surface area (TPSA) is 49.4 Å². The Morgan fingerprint density at radius 1 is 1.04 bits per heavy atom. The molecule has 0 bridgehead atoms. The molecule has 1 saturated heterocycles. The molecule has 3 rings (SSSR count). The molecule has 1 aliphatic heterocycles. The molecule has 0 radical (unpaired) electrons. The van der Waals surface area contributed by atoms with Crippen LogP contribution >= 0.6 is 0 Å². The zero-order valence-corrected chi connectivity index (χ0v) is 14.1. The molecule has 142 valence electrons. The molecular weight excluding hydrogens is 364 g/mol. The van der Waals surface area contributed by atoms with Gasteiger partial charge < -0.3 is 10.2 Å². The molecule has 0 saturated carbocycles. The molecule has 1 fully saturated rings. The number of hydrogen-bond donors (Lipinski definition) is 1. The van der Waals surface area contributed by atoms with E-state index in [1.807, 2.05) is 0 Å². The molecule has 4 nitrogen and oxygen atoms in total. The van der Waals surface area contributed by atoms with Gasteiger partial charge in [0.1, 0.15) is 5.82 Å². The first-order chi connectivity index (χ1) is 12.9. The normalized spacial score (nSPS) is 16.7. The van der Waals surface area contributed by atoms with Gasteiger partial charge in [-0.25, -0.2) is 17.6 Å². The van der Waals surface area contributed by atoms with Crippen molar-refractivity contribution >= 4 is 17.5 Å². The molecule has 1 heterocycles. The summed E-state index contributed by atoms with van der Waals surface area (Å²) >= 11 is 0. The Morgan fingerprint density at radius 3 is 2.52 bits per heavy atom. The van der Waals surface area contributed by atoms with Crippen LogP contribution in [0.1, 0.15) is 12.0 Å². The Bertz CT molecular complexity index is 888. The van der Waals surface area contributed by atoms with Gasteiger partial charge in [-0.15, -0.1) is 0 Å². The van der Waals surface area contributed by atoms with Crippen LogP contribution in [-0.4, -0.2) is 24.9 Å². The van der Waals surface area contributed by atoms with Crippen LogP contribution in [0.2, 0.25) is 0 Å². The summed E-state index contributed by atoms with van der Waals surface area (Å²) in [5.74, 6) is -6.62. The Labute approximate surface area is 152 Å². The van der Waals surface area contributed by atoms with E-state index >= 15 is 0 Å². The predicted molar refractivity (Wildman–Crippen MR) is 89.9 cm³/mol. The van der Waals surface area contributed by atoms with Crippen LogP contribution in [0.5, 0.6) is 0 Å². The summed E-state index contributed by atoms with van der Waals surface area (Å²) in [5.41, 5.74) is 0.0475. The van der Waals surface area contributed by atoms with E-state index in [2.05, 4.69) is 5.32 Å². The molecule has 1 atom stereocenters. The first-order valence-electron chi connectivity index (χ1n) is 8.33. The van der Waals surface area contributed by atoms with Crippen molar-refractivity contribution in [2.75, 3.05) is 18.0 Å². The highest BCUT2D eigenvalue weighted by molar-refractivity contribution is 6.00. The van der Waals surface area contributed by atoms with Crippen molar-refractivity contribution in [3.8, 4) is 0 Å². The second kappa shape index (κ2) is 7.77. The molecule has 0 spiro atoms. The van der Waals surface area contributed by atoms with E-state index in [-0.39, 0.29) is 31.7 Å². The fourth-order valence-corrected chi connectivity index (χ4v) is 3.01. The molecule has 0 aromatic heterocycles. The molecule has 2 aromatic carbocycles. The Morgan fingerprint density at radius 2 is 1.78 bits per heavy atom. The van der Waals surface area contributed by atoms with Crippen molar-refractivity contribution in [2.45, 2.75) is 12.8 Å². The lowest BCUT2D eigenvalue weighted by Crippen LogP contribution is -2.34. The SMILES string of the molecule is O=C(NCCc1ccccc1F)C1CC(=O)N(c2ccc(F)c(F)c2F)C1. The monoisotopic (exact) mass is 380 g/mol. The lowest BCUT2D eigenvalue weighted by atomic mass is 10.1. The minimum absolute atomic E-state index is 0.146. The zero-order chi connectivity index (χ0) is 19.6. The minimum atomic E-state index is -1.67. The van der Waals surface area contributed by atoms with Gasteiger partial charge in [0.25, 0.3) is 0 Å². The predicted octanol–water partition coefficient (Wildman–Crippen LogP) is 2.95. The third-order valence-electron chi connectivity index (χ3n) is 4.45. The summed E-state index contributed by atoms with van der Waals surface area (Å²) in [6.07, 6.45) is 0.102. The van der Waals surface area contributed by atoms with Crippen LogP contribution in [0.3, 0.4) is 0 Å². The van der Waals surface area contributed by atoms with Gasteiger partial charge >= 0.3 is 0 Å². The van der Waals surface area contributed by atoms with Crippen LogP contribution in [0.4, 0.5) is 23.2 Å². The van der Waals surface area contributed by atoms with Crippen molar-refractivity contribution < 1.29 is 27.2 Å². The fraction of sp³-hybridized carbons (Fsp3) is 0.263. The van der Waals surface area contributed by atoms with Crippen molar-refractivity contribution in [3.05, 3.63) is 65.2 Å². The largest absolute Gasteiger partial charge is 0.355 e. The molecule has 1 unspecified atom stereocenters. The van der Waals surface area contributed by atoms with Crippen molar-refractivity contribution in [2.24, 2.45) is 5.92 Å². The number of amides is 2. The van der Waals surface area contributed by atoms with E-state index < -0.39 is 40.9 Å². The lowest BCUT2D eigenvalue weighted by Gasteiger charge is -2.18. The van der Waals surface area contributed by atoms with Gasteiger partial charge in [-0.05, 0) is 30.2 Å². The van der Waals surface area contributed by atoms with Crippen LogP contribution in [-0.2, 0) is 16.0 Å². The van der Waals surface area contributed by atoms with Crippen LogP contribution in [0, 0.1) is 29.2 Å². The molecule has 2 aromatic rings. The maximum atomic E-state index is 13.9. The summed E-state index contributed by atoms with van der Waals surface area (Å²) in [6.45, 7) is 0.0242. The van der Waals surface area contributed by atoms with Crippen molar-refractivity contribution in [3.63, 3.8) is 0 Å². The zero-order valence-electron chi connectivity index (χ0n) is 14.1. The summed E-state index contributed by atoms with van der Waals surface area (Å²) in [4.78, 5) is 25.3. The summed E-state index contributed by atoms with van der Waals surface area (Å²) in [7, 11) is 0. The average Bonchev–Trinajstić information content (AvgIpc) is 3.03. The van der Waals surface area contributed by atoms with E-state index in [1.54, 1.807) is 18.2 Å². The van der Waals surface area contributed by atoms with Crippen molar-refractivity contribution in [1.82, 2.24) is 5.32 Å². The molecule has 8 heteroatoms. The van der Waals surface area contributed by atoms with E-state index in [1.165, 1.54) is 6.07 Å². The number of carbonyl (C=O) groups excluding carboxylic acids is 2. The van der Waals surface area contributed by atoms with Crippen LogP contribution in [0.25, 0.3) is 0 Å². The number of nitrogens with one attached hydrogen (secondary N) is 1. The highest BCUT2D eigenvalue weighted by Gasteiger charge is 2.36. The third-order valence-corrected chi connectivity index (χ3v) is 4.45. The summed E-state index contributed by atoms with van der Waals surface area (Å²) in [5, 5.41) is 2.62. The highest BCUT2D eigenvalue weighted by atomic mass is 19.2. The fourth-order valence-electron chi connectivity index (χ4n) is 3.01. The second-order valence-electron chi connectivity index (χ2n) is 6.23. The Hall–Kier alpha value is -2.90. The van der Waals surface area contributed by atoms with E-state index in [0.717, 1.165) is 17.0 Å². The molecule has 1 N–H and O–H groups in total. The van der Waals surface area contributed by atoms with Crippen molar-refractivity contribution in [1.29, 1.82) is 0 Å². The van der Waals surface area contributed by atoms with Gasteiger partial charge in [0.05, 0.1) is 11.6 Å². The third kappa shape index (κ3) is 3.94. The highest BCUT2D eigenvalue weighted by Crippen LogP contribution is 2.29. The summed E-state index contributed by atoms with van der Waals surface area (Å²) in [6, 6.07) is 7.86. The average molecular weight is 380 g/mol. The first kappa shape index (κ1) is 18.9. The molecule has 27 heavy (non-hydrogen) atoms. The van der Waals surface area contributed by atoms with E-state index in [9.17, 15) is 27.2 Å². The molecule has 2 amide bonds. The number of nitrogens with zero attached hydrogens (tertiary/aromatic N) is 1. The minimum Gasteiger partial charge on any atom is -0.355 e. The quantitative estimate of drug-likeness (QED) is 0.641. The van der Waals surface area contributed by atoms with E-state index in [0.29, 0.717) is 5.56 Å². The standard InChI is InChI=1S/C19H16F4N2O2/c20-13-4-2-1-3-11(13)7-8-24-19(27)12-9-16(26)25(10-12)15-6-5-14(21)17(22)18(15)23/h1-6,12H,7-10H2,(H,24,27). The smallest absolute Gasteiger partial charge is 0.227 e. The number of hydrogen-bond acceptors (Lipinski definition) is 2. The van der Waals surface area contributed by atoms with Gasteiger partial charge in [0, 0.05) is 19.5 Å². The van der Waals surface area contributed by atoms with Gasteiger partial charge in [0.15, 0.2) is 17.5 Å².